The second-order valence-electron chi connectivity index (χ2n) is 9.74. The Kier molecular flexibility index (Phi) is 3.54. The van der Waals surface area contributed by atoms with Crippen LogP contribution in [0.2, 0.25) is 0 Å². The molecule has 5 atom stereocenters. The molecule has 0 aromatic carbocycles. The fourth-order valence-electron chi connectivity index (χ4n) is 6.42. The van der Waals surface area contributed by atoms with Crippen molar-refractivity contribution in [3.05, 3.63) is 0 Å². The van der Waals surface area contributed by atoms with E-state index in [1.807, 2.05) is 0 Å². The predicted octanol–water partition coefficient (Wildman–Crippen LogP) is 6.45. The second-order valence-corrected chi connectivity index (χ2v) is 9.74. The van der Waals surface area contributed by atoms with E-state index in [9.17, 15) is 0 Å². The highest BCUT2D eigenvalue weighted by molar-refractivity contribution is 5.05. The average molecular weight is 277 g/mol. The van der Waals surface area contributed by atoms with Crippen molar-refractivity contribution >= 4 is 0 Å². The van der Waals surface area contributed by atoms with Crippen LogP contribution in [0.5, 0.6) is 0 Å². The van der Waals surface area contributed by atoms with Gasteiger partial charge in [0.2, 0.25) is 0 Å². The molecule has 116 valence electrons. The average Bonchev–Trinajstić information content (AvgIpc) is 2.40. The number of fused-ring (bicyclic) bond motifs is 3. The maximum atomic E-state index is 2.69. The topological polar surface area (TPSA) is 0 Å². The van der Waals surface area contributed by atoms with Crippen LogP contribution in [0.4, 0.5) is 0 Å². The molecule has 0 nitrogen and oxygen atoms in total. The van der Waals surface area contributed by atoms with Gasteiger partial charge >= 0.3 is 0 Å². The van der Waals surface area contributed by atoms with Gasteiger partial charge in [-0.15, -0.1) is 0 Å². The Balaban J connectivity index is 1.85. The summed E-state index contributed by atoms with van der Waals surface area (Å²) in [6.45, 7) is 12.8. The van der Waals surface area contributed by atoms with Crippen LogP contribution in [-0.4, -0.2) is 0 Å². The molecule has 0 spiro atoms. The van der Waals surface area contributed by atoms with E-state index in [0.717, 1.165) is 17.8 Å². The van der Waals surface area contributed by atoms with Gasteiger partial charge in [0.05, 0.1) is 0 Å². The van der Waals surface area contributed by atoms with Crippen molar-refractivity contribution in [2.24, 2.45) is 34.0 Å². The zero-order valence-corrected chi connectivity index (χ0v) is 14.6. The van der Waals surface area contributed by atoms with E-state index < -0.39 is 0 Å². The van der Waals surface area contributed by atoms with Crippen molar-refractivity contribution in [3.8, 4) is 0 Å². The molecule has 0 aromatic heterocycles. The van der Waals surface area contributed by atoms with E-state index in [1.165, 1.54) is 57.8 Å². The molecule has 0 aliphatic heterocycles. The van der Waals surface area contributed by atoms with Gasteiger partial charge in [-0.05, 0) is 78.9 Å². The van der Waals surface area contributed by atoms with E-state index in [1.54, 1.807) is 0 Å². The molecule has 3 rings (SSSR count). The Morgan fingerprint density at radius 2 is 1.60 bits per heavy atom. The third kappa shape index (κ3) is 2.17. The molecule has 0 saturated heterocycles. The monoisotopic (exact) mass is 276 g/mol. The van der Waals surface area contributed by atoms with Gasteiger partial charge in [-0.25, -0.2) is 0 Å². The van der Waals surface area contributed by atoms with Gasteiger partial charge in [0, 0.05) is 0 Å². The van der Waals surface area contributed by atoms with E-state index in [4.69, 9.17) is 0 Å². The number of hydrogen-bond acceptors (Lipinski definition) is 0. The minimum Gasteiger partial charge on any atom is -0.0649 e. The minimum absolute atomic E-state index is 0.613. The predicted molar refractivity (Wildman–Crippen MR) is 87.7 cm³/mol. The minimum atomic E-state index is 0.613. The smallest absolute Gasteiger partial charge is 0.0266 e. The molecule has 0 heteroatoms. The van der Waals surface area contributed by atoms with Gasteiger partial charge in [0.1, 0.15) is 0 Å². The lowest BCUT2D eigenvalue weighted by atomic mass is 9.43. The molecule has 3 aliphatic carbocycles. The first-order chi connectivity index (χ1) is 9.31. The van der Waals surface area contributed by atoms with Gasteiger partial charge in [-0.1, -0.05) is 47.5 Å². The lowest BCUT2D eigenvalue weighted by Gasteiger charge is -2.62. The Hall–Kier alpha value is 0. The van der Waals surface area contributed by atoms with Crippen molar-refractivity contribution < 1.29 is 0 Å². The van der Waals surface area contributed by atoms with Gasteiger partial charge in [0.25, 0.3) is 0 Å². The molecule has 3 fully saturated rings. The summed E-state index contributed by atoms with van der Waals surface area (Å²) in [5, 5.41) is 0. The summed E-state index contributed by atoms with van der Waals surface area (Å²) >= 11 is 0. The normalized spacial score (nSPS) is 51.1. The molecule has 0 aromatic rings. The first-order valence-electron chi connectivity index (χ1n) is 9.31. The van der Waals surface area contributed by atoms with Crippen LogP contribution in [0.3, 0.4) is 0 Å². The maximum absolute atomic E-state index is 2.69. The maximum Gasteiger partial charge on any atom is -0.0266 e. The molecule has 0 radical (unpaired) electrons. The SMILES string of the molecule is CCC1(C)CCC2(C)C(CCC3C2CCCC3(C)C)C1. The fourth-order valence-corrected chi connectivity index (χ4v) is 6.42. The summed E-state index contributed by atoms with van der Waals surface area (Å²) in [5.74, 6) is 3.08. The van der Waals surface area contributed by atoms with Crippen molar-refractivity contribution in [1.29, 1.82) is 0 Å². The molecule has 0 bridgehead atoms. The second kappa shape index (κ2) is 4.75. The van der Waals surface area contributed by atoms with Crippen molar-refractivity contribution in [2.45, 2.75) is 92.4 Å². The van der Waals surface area contributed by atoms with Crippen LogP contribution in [-0.2, 0) is 0 Å². The number of rotatable bonds is 1. The third-order valence-electron chi connectivity index (χ3n) is 8.29. The molecular weight excluding hydrogens is 240 g/mol. The standard InChI is InChI=1S/C20H36/c1-6-19(4)12-13-20(5)15(14-19)9-10-16-17(20)8-7-11-18(16,2)3/h15-17H,6-14H2,1-5H3. The molecule has 3 saturated carbocycles. The molecule has 0 amide bonds. The largest absolute Gasteiger partial charge is 0.0649 e. The van der Waals surface area contributed by atoms with Crippen molar-refractivity contribution in [2.75, 3.05) is 0 Å². The Morgan fingerprint density at radius 3 is 2.30 bits per heavy atom. The summed E-state index contributed by atoms with van der Waals surface area (Å²) in [7, 11) is 0. The van der Waals surface area contributed by atoms with Gasteiger partial charge in [0.15, 0.2) is 0 Å². The van der Waals surface area contributed by atoms with E-state index >= 15 is 0 Å². The van der Waals surface area contributed by atoms with Crippen molar-refractivity contribution in [1.82, 2.24) is 0 Å². The number of hydrogen-bond donors (Lipinski definition) is 0. The summed E-state index contributed by atoms with van der Waals surface area (Å²) < 4.78 is 0. The third-order valence-corrected chi connectivity index (χ3v) is 8.29. The zero-order chi connectivity index (χ0) is 14.6. The Labute approximate surface area is 127 Å². The Bertz CT molecular complexity index is 368. The highest BCUT2D eigenvalue weighted by Gasteiger charge is 2.55. The zero-order valence-electron chi connectivity index (χ0n) is 14.6. The molecular formula is C20H36. The van der Waals surface area contributed by atoms with Gasteiger partial charge < -0.3 is 0 Å². The molecule has 3 aliphatic rings. The molecule has 20 heavy (non-hydrogen) atoms. The molecule has 0 heterocycles. The highest BCUT2D eigenvalue weighted by atomic mass is 14.6. The first-order valence-corrected chi connectivity index (χ1v) is 9.31. The van der Waals surface area contributed by atoms with Crippen LogP contribution < -0.4 is 0 Å². The summed E-state index contributed by atoms with van der Waals surface area (Å²) in [5.41, 5.74) is 1.94. The summed E-state index contributed by atoms with van der Waals surface area (Å²) in [4.78, 5) is 0. The highest BCUT2D eigenvalue weighted by Crippen LogP contribution is 2.65. The van der Waals surface area contributed by atoms with E-state index in [2.05, 4.69) is 34.6 Å². The van der Waals surface area contributed by atoms with Crippen LogP contribution in [0.15, 0.2) is 0 Å². The molecule has 0 N–H and O–H groups in total. The fraction of sp³-hybridized carbons (Fsp3) is 1.00. The Morgan fingerprint density at radius 1 is 0.850 bits per heavy atom. The quantitative estimate of drug-likeness (QED) is 0.516. The summed E-state index contributed by atoms with van der Waals surface area (Å²) in [6.07, 6.45) is 13.4. The first kappa shape index (κ1) is 14.9. The van der Waals surface area contributed by atoms with Gasteiger partial charge in [-0.2, -0.15) is 0 Å². The van der Waals surface area contributed by atoms with Crippen LogP contribution in [0.1, 0.15) is 92.4 Å². The van der Waals surface area contributed by atoms with Crippen LogP contribution in [0, 0.1) is 34.0 Å². The lowest BCUT2D eigenvalue weighted by molar-refractivity contribution is -0.119. The van der Waals surface area contributed by atoms with Crippen LogP contribution >= 0.6 is 0 Å². The van der Waals surface area contributed by atoms with Crippen molar-refractivity contribution in [3.63, 3.8) is 0 Å². The van der Waals surface area contributed by atoms with E-state index in [0.29, 0.717) is 16.2 Å². The van der Waals surface area contributed by atoms with Gasteiger partial charge in [-0.3, -0.25) is 0 Å². The van der Waals surface area contributed by atoms with Crippen LogP contribution in [0.25, 0.3) is 0 Å². The lowest BCUT2D eigenvalue weighted by Crippen LogP contribution is -2.53. The summed E-state index contributed by atoms with van der Waals surface area (Å²) in [6, 6.07) is 0. The van der Waals surface area contributed by atoms with E-state index in [-0.39, 0.29) is 0 Å². The molecule has 5 unspecified atom stereocenters.